The fourth-order valence-electron chi connectivity index (χ4n) is 2.10. The van der Waals surface area contributed by atoms with Crippen molar-refractivity contribution in [1.82, 2.24) is 4.90 Å². The molecular formula is C10H20FNO. The maximum absolute atomic E-state index is 12.1. The molecule has 0 radical (unpaired) electrons. The van der Waals surface area contributed by atoms with Gasteiger partial charge in [0.25, 0.3) is 0 Å². The number of aliphatic hydroxyl groups is 1. The third-order valence-electron chi connectivity index (χ3n) is 3.26. The van der Waals surface area contributed by atoms with Crippen molar-refractivity contribution in [2.45, 2.75) is 44.2 Å². The highest BCUT2D eigenvalue weighted by Crippen LogP contribution is 2.33. The highest BCUT2D eigenvalue weighted by Gasteiger charge is 2.33. The summed E-state index contributed by atoms with van der Waals surface area (Å²) in [5, 5.41) is 9.19. The van der Waals surface area contributed by atoms with E-state index < -0.39 is 12.8 Å². The highest BCUT2D eigenvalue weighted by molar-refractivity contribution is 4.89. The number of hydrogen-bond acceptors (Lipinski definition) is 2. The van der Waals surface area contributed by atoms with Crippen molar-refractivity contribution < 1.29 is 9.50 Å². The van der Waals surface area contributed by atoms with Gasteiger partial charge in [-0.05, 0) is 26.8 Å². The van der Waals surface area contributed by atoms with Gasteiger partial charge in [0.2, 0.25) is 0 Å². The molecule has 1 atom stereocenters. The summed E-state index contributed by atoms with van der Waals surface area (Å²) in [4.78, 5) is 2.10. The van der Waals surface area contributed by atoms with Gasteiger partial charge in [0, 0.05) is 12.1 Å². The molecule has 0 aromatic heterocycles. The van der Waals surface area contributed by atoms with Gasteiger partial charge in [-0.1, -0.05) is 12.8 Å². The zero-order valence-electron chi connectivity index (χ0n) is 8.59. The van der Waals surface area contributed by atoms with Crippen LogP contribution in [0.1, 0.15) is 32.6 Å². The van der Waals surface area contributed by atoms with Gasteiger partial charge in [-0.25, -0.2) is 4.39 Å². The fourth-order valence-corrected chi connectivity index (χ4v) is 2.10. The lowest BCUT2D eigenvalue weighted by atomic mass is 9.98. The van der Waals surface area contributed by atoms with Crippen molar-refractivity contribution in [3.05, 3.63) is 0 Å². The lowest BCUT2D eigenvalue weighted by Gasteiger charge is -2.36. The topological polar surface area (TPSA) is 23.5 Å². The van der Waals surface area contributed by atoms with Crippen LogP contribution in [0.5, 0.6) is 0 Å². The number of nitrogens with zero attached hydrogens (tertiary/aromatic N) is 1. The van der Waals surface area contributed by atoms with E-state index in [1.807, 2.05) is 7.05 Å². The number of halogens is 1. The third kappa shape index (κ3) is 2.64. The second-order valence-electron chi connectivity index (χ2n) is 4.39. The van der Waals surface area contributed by atoms with Gasteiger partial charge in [-0.15, -0.1) is 0 Å². The smallest absolute Gasteiger partial charge is 0.117 e. The number of β-amino-alcohol motifs (C(OH)–C–C–N with tert-alkyl or cyclic N) is 1. The summed E-state index contributed by atoms with van der Waals surface area (Å²) >= 11 is 0. The van der Waals surface area contributed by atoms with E-state index >= 15 is 0 Å². The first-order chi connectivity index (χ1) is 6.08. The van der Waals surface area contributed by atoms with Crippen LogP contribution < -0.4 is 0 Å². The highest BCUT2D eigenvalue weighted by atomic mass is 19.1. The molecule has 0 aromatic carbocycles. The minimum absolute atomic E-state index is 0.191. The molecule has 1 rings (SSSR count). The van der Waals surface area contributed by atoms with Crippen molar-refractivity contribution >= 4 is 0 Å². The van der Waals surface area contributed by atoms with Crippen LogP contribution in [0.4, 0.5) is 4.39 Å². The molecule has 1 fully saturated rings. The first kappa shape index (κ1) is 10.9. The number of likely N-dealkylation sites (N-methyl/N-ethyl adjacent to an activating group) is 1. The molecule has 0 saturated heterocycles. The van der Waals surface area contributed by atoms with Crippen LogP contribution in [0.2, 0.25) is 0 Å². The van der Waals surface area contributed by atoms with Crippen molar-refractivity contribution in [2.24, 2.45) is 0 Å². The van der Waals surface area contributed by atoms with Gasteiger partial charge in [0.05, 0.1) is 6.10 Å². The molecule has 78 valence electrons. The number of alkyl halides is 1. The van der Waals surface area contributed by atoms with Crippen LogP contribution in [-0.4, -0.2) is 41.9 Å². The lowest BCUT2D eigenvalue weighted by molar-refractivity contribution is 0.0517. The third-order valence-corrected chi connectivity index (χ3v) is 3.26. The molecule has 0 bridgehead atoms. The lowest BCUT2D eigenvalue weighted by Crippen LogP contribution is -2.45. The van der Waals surface area contributed by atoms with E-state index in [1.165, 1.54) is 25.7 Å². The van der Waals surface area contributed by atoms with Crippen LogP contribution in [0, 0.1) is 0 Å². The molecular weight excluding hydrogens is 169 g/mol. The van der Waals surface area contributed by atoms with Crippen molar-refractivity contribution in [1.29, 1.82) is 0 Å². The van der Waals surface area contributed by atoms with Gasteiger partial charge in [0.15, 0.2) is 0 Å². The van der Waals surface area contributed by atoms with E-state index in [9.17, 15) is 9.50 Å². The molecule has 0 heterocycles. The van der Waals surface area contributed by atoms with Gasteiger partial charge in [-0.2, -0.15) is 0 Å². The zero-order chi connectivity index (χ0) is 9.90. The van der Waals surface area contributed by atoms with Crippen molar-refractivity contribution in [3.63, 3.8) is 0 Å². The van der Waals surface area contributed by atoms with Crippen molar-refractivity contribution in [2.75, 3.05) is 20.3 Å². The summed E-state index contributed by atoms with van der Waals surface area (Å²) in [5.41, 5.74) is 0.191. The minimum atomic E-state index is -0.817. The second kappa shape index (κ2) is 4.38. The summed E-state index contributed by atoms with van der Waals surface area (Å²) in [5.74, 6) is 0. The molecule has 2 nitrogen and oxygen atoms in total. The largest absolute Gasteiger partial charge is 0.389 e. The van der Waals surface area contributed by atoms with Crippen LogP contribution >= 0.6 is 0 Å². The van der Waals surface area contributed by atoms with Gasteiger partial charge >= 0.3 is 0 Å². The first-order valence-corrected chi connectivity index (χ1v) is 5.04. The van der Waals surface area contributed by atoms with Gasteiger partial charge in [0.1, 0.15) is 6.67 Å². The van der Waals surface area contributed by atoms with Crippen LogP contribution in [0.25, 0.3) is 0 Å². The SMILES string of the molecule is CN(CC(O)CF)C1(C)CCCC1. The Hall–Kier alpha value is -0.150. The van der Waals surface area contributed by atoms with E-state index in [1.54, 1.807) is 0 Å². The maximum atomic E-state index is 12.1. The van der Waals surface area contributed by atoms with E-state index in [0.29, 0.717) is 6.54 Å². The van der Waals surface area contributed by atoms with E-state index in [2.05, 4.69) is 11.8 Å². The zero-order valence-corrected chi connectivity index (χ0v) is 8.59. The average Bonchev–Trinajstić information content (AvgIpc) is 2.53. The van der Waals surface area contributed by atoms with E-state index in [0.717, 1.165) is 0 Å². The molecule has 1 saturated carbocycles. The molecule has 0 aliphatic heterocycles. The summed E-state index contributed by atoms with van der Waals surface area (Å²) in [7, 11) is 1.98. The standard InChI is InChI=1S/C10H20FNO/c1-10(5-3-4-6-10)12(2)8-9(13)7-11/h9,13H,3-8H2,1-2H3. The Labute approximate surface area is 79.7 Å². The maximum Gasteiger partial charge on any atom is 0.117 e. The minimum Gasteiger partial charge on any atom is -0.389 e. The molecule has 1 N–H and O–H groups in total. The quantitative estimate of drug-likeness (QED) is 0.726. The Kier molecular flexibility index (Phi) is 3.68. The Morgan fingerprint density at radius 3 is 2.46 bits per heavy atom. The second-order valence-corrected chi connectivity index (χ2v) is 4.39. The Bertz CT molecular complexity index is 157. The van der Waals surface area contributed by atoms with Crippen LogP contribution in [0.3, 0.4) is 0 Å². The molecule has 1 aliphatic rings. The summed E-state index contributed by atoms with van der Waals surface area (Å²) in [6, 6.07) is 0. The first-order valence-electron chi connectivity index (χ1n) is 5.04. The van der Waals surface area contributed by atoms with Gasteiger partial charge < -0.3 is 5.11 Å². The monoisotopic (exact) mass is 189 g/mol. The summed E-state index contributed by atoms with van der Waals surface area (Å²) in [6.07, 6.45) is 4.03. The normalized spacial score (nSPS) is 23.8. The molecule has 0 amide bonds. The number of hydrogen-bond donors (Lipinski definition) is 1. The van der Waals surface area contributed by atoms with Crippen LogP contribution in [-0.2, 0) is 0 Å². The fraction of sp³-hybridized carbons (Fsp3) is 1.00. The van der Waals surface area contributed by atoms with E-state index in [-0.39, 0.29) is 5.54 Å². The number of aliphatic hydroxyl groups excluding tert-OH is 1. The molecule has 0 spiro atoms. The summed E-state index contributed by atoms with van der Waals surface area (Å²) in [6.45, 7) is 2.01. The predicted octanol–water partition coefficient (Wildman–Crippen LogP) is 1.58. The average molecular weight is 189 g/mol. The van der Waals surface area contributed by atoms with Gasteiger partial charge in [-0.3, -0.25) is 4.90 Å². The Balaban J connectivity index is 2.41. The van der Waals surface area contributed by atoms with E-state index in [4.69, 9.17) is 0 Å². The molecule has 0 aromatic rings. The molecule has 1 aliphatic carbocycles. The predicted molar refractivity (Wildman–Crippen MR) is 51.5 cm³/mol. The molecule has 13 heavy (non-hydrogen) atoms. The Morgan fingerprint density at radius 2 is 2.00 bits per heavy atom. The number of rotatable bonds is 4. The molecule has 1 unspecified atom stereocenters. The van der Waals surface area contributed by atoms with Crippen molar-refractivity contribution in [3.8, 4) is 0 Å². The molecule has 3 heteroatoms. The van der Waals surface area contributed by atoms with Crippen LogP contribution in [0.15, 0.2) is 0 Å². The Morgan fingerprint density at radius 1 is 1.46 bits per heavy atom. The summed E-state index contributed by atoms with van der Waals surface area (Å²) < 4.78 is 12.1.